The maximum absolute atomic E-state index is 10.2. The number of hydrogen-bond acceptors (Lipinski definition) is 2. The molecule has 0 spiro atoms. The molecule has 0 atom stereocenters. The Morgan fingerprint density at radius 2 is 2.27 bits per heavy atom. The summed E-state index contributed by atoms with van der Waals surface area (Å²) in [6.45, 7) is 2.90. The van der Waals surface area contributed by atoms with Gasteiger partial charge in [-0.05, 0) is 18.6 Å². The highest BCUT2D eigenvalue weighted by atomic mass is 16.5. The number of anilines is 1. The zero-order chi connectivity index (χ0) is 10.9. The van der Waals surface area contributed by atoms with Gasteiger partial charge in [0, 0.05) is 11.8 Å². The number of rotatable bonds is 7. The van der Waals surface area contributed by atoms with Crippen LogP contribution >= 0.6 is 0 Å². The van der Waals surface area contributed by atoms with E-state index >= 15 is 0 Å². The summed E-state index contributed by atoms with van der Waals surface area (Å²) in [4.78, 5) is 10.2. The molecule has 1 N–H and O–H groups in total. The van der Waals surface area contributed by atoms with Gasteiger partial charge in [0.15, 0.2) is 0 Å². The summed E-state index contributed by atoms with van der Waals surface area (Å²) < 4.78 is 5.54. The molecule has 15 heavy (non-hydrogen) atoms. The van der Waals surface area contributed by atoms with Crippen LogP contribution in [-0.2, 0) is 4.79 Å². The van der Waals surface area contributed by atoms with E-state index in [2.05, 4.69) is 12.2 Å². The number of carbonyl (C=O) groups excluding carboxylic acids is 1. The van der Waals surface area contributed by atoms with Crippen LogP contribution in [-0.4, -0.2) is 13.0 Å². The average Bonchev–Trinajstić information content (AvgIpc) is 2.26. The molecule has 0 saturated carbocycles. The number of benzene rings is 1. The normalized spacial score (nSPS) is 9.67. The topological polar surface area (TPSA) is 38.3 Å². The molecule has 0 aromatic heterocycles. The second-order valence-electron chi connectivity index (χ2n) is 3.35. The summed E-state index contributed by atoms with van der Waals surface area (Å²) in [7, 11) is 0. The molecule has 3 heteroatoms. The smallest absolute Gasteiger partial charge is 0.211 e. The molecular weight excluding hydrogens is 190 g/mol. The molecule has 0 aliphatic carbocycles. The lowest BCUT2D eigenvalue weighted by molar-refractivity contribution is -0.105. The van der Waals surface area contributed by atoms with Crippen molar-refractivity contribution in [2.45, 2.75) is 26.2 Å². The third-order valence-electron chi connectivity index (χ3n) is 2.08. The van der Waals surface area contributed by atoms with Crippen LogP contribution in [0.4, 0.5) is 5.69 Å². The van der Waals surface area contributed by atoms with Crippen LogP contribution in [0.15, 0.2) is 24.3 Å². The molecule has 1 aromatic carbocycles. The SMILES string of the molecule is CCCCCOc1cccc(NC=O)c1. The Morgan fingerprint density at radius 3 is 3.00 bits per heavy atom. The Labute approximate surface area is 90.4 Å². The Balaban J connectivity index is 2.39. The van der Waals surface area contributed by atoms with E-state index in [1.54, 1.807) is 0 Å². The van der Waals surface area contributed by atoms with Crippen LogP contribution in [0.25, 0.3) is 0 Å². The molecule has 0 aliphatic heterocycles. The first kappa shape index (κ1) is 11.6. The average molecular weight is 207 g/mol. The van der Waals surface area contributed by atoms with Gasteiger partial charge in [0.2, 0.25) is 6.41 Å². The largest absolute Gasteiger partial charge is 0.494 e. The maximum Gasteiger partial charge on any atom is 0.211 e. The van der Waals surface area contributed by atoms with Gasteiger partial charge < -0.3 is 10.1 Å². The van der Waals surface area contributed by atoms with Gasteiger partial charge in [0.05, 0.1) is 6.61 Å². The van der Waals surface area contributed by atoms with E-state index in [4.69, 9.17) is 4.74 Å². The molecule has 0 fully saturated rings. The van der Waals surface area contributed by atoms with E-state index in [9.17, 15) is 4.79 Å². The zero-order valence-corrected chi connectivity index (χ0v) is 9.03. The molecule has 0 aliphatic rings. The van der Waals surface area contributed by atoms with Crippen molar-refractivity contribution in [2.75, 3.05) is 11.9 Å². The predicted molar refractivity (Wildman–Crippen MR) is 61.1 cm³/mol. The number of unbranched alkanes of at least 4 members (excludes halogenated alkanes) is 2. The quantitative estimate of drug-likeness (QED) is 0.551. The van der Waals surface area contributed by atoms with Gasteiger partial charge in [-0.1, -0.05) is 25.8 Å². The number of amides is 1. The van der Waals surface area contributed by atoms with Gasteiger partial charge in [-0.15, -0.1) is 0 Å². The van der Waals surface area contributed by atoms with Crippen molar-refractivity contribution >= 4 is 12.1 Å². The molecule has 0 unspecified atom stereocenters. The first-order valence-electron chi connectivity index (χ1n) is 5.30. The second-order valence-corrected chi connectivity index (χ2v) is 3.35. The van der Waals surface area contributed by atoms with Crippen LogP contribution in [0.5, 0.6) is 5.75 Å². The molecular formula is C12H17NO2. The molecule has 82 valence electrons. The first-order valence-corrected chi connectivity index (χ1v) is 5.30. The minimum atomic E-state index is 0.663. The van der Waals surface area contributed by atoms with Crippen LogP contribution in [0.1, 0.15) is 26.2 Å². The fourth-order valence-electron chi connectivity index (χ4n) is 1.29. The fraction of sp³-hybridized carbons (Fsp3) is 0.417. The van der Waals surface area contributed by atoms with Gasteiger partial charge >= 0.3 is 0 Å². The minimum absolute atomic E-state index is 0.663. The second kappa shape index (κ2) is 6.87. The van der Waals surface area contributed by atoms with E-state index in [1.165, 1.54) is 12.8 Å². The lowest BCUT2D eigenvalue weighted by atomic mass is 10.2. The van der Waals surface area contributed by atoms with Crippen molar-refractivity contribution in [1.82, 2.24) is 0 Å². The van der Waals surface area contributed by atoms with Gasteiger partial charge in [0.25, 0.3) is 0 Å². The standard InChI is InChI=1S/C12H17NO2/c1-2-3-4-8-15-12-7-5-6-11(9-12)13-10-14/h5-7,9-10H,2-4,8H2,1H3,(H,13,14). The van der Waals surface area contributed by atoms with E-state index < -0.39 is 0 Å². The summed E-state index contributed by atoms with van der Waals surface area (Å²) in [5, 5.41) is 2.59. The Kier molecular flexibility index (Phi) is 5.30. The lowest BCUT2D eigenvalue weighted by Crippen LogP contribution is -1.98. The highest BCUT2D eigenvalue weighted by Crippen LogP contribution is 2.17. The highest BCUT2D eigenvalue weighted by Gasteiger charge is 1.95. The van der Waals surface area contributed by atoms with Crippen molar-refractivity contribution in [3.8, 4) is 5.75 Å². The summed E-state index contributed by atoms with van der Waals surface area (Å²) in [5.74, 6) is 0.804. The third kappa shape index (κ3) is 4.49. The molecule has 1 rings (SSSR count). The predicted octanol–water partition coefficient (Wildman–Crippen LogP) is 2.82. The van der Waals surface area contributed by atoms with Gasteiger partial charge in [0.1, 0.15) is 5.75 Å². The van der Waals surface area contributed by atoms with E-state index in [-0.39, 0.29) is 0 Å². The van der Waals surface area contributed by atoms with Crippen molar-refractivity contribution in [1.29, 1.82) is 0 Å². The molecule has 0 bridgehead atoms. The molecule has 0 saturated heterocycles. The highest BCUT2D eigenvalue weighted by molar-refractivity contribution is 5.71. The Hall–Kier alpha value is -1.51. The number of ether oxygens (including phenoxy) is 1. The van der Waals surface area contributed by atoms with Crippen LogP contribution in [0.3, 0.4) is 0 Å². The van der Waals surface area contributed by atoms with E-state index in [0.717, 1.165) is 24.5 Å². The fourth-order valence-corrected chi connectivity index (χ4v) is 1.29. The summed E-state index contributed by atoms with van der Waals surface area (Å²) in [5.41, 5.74) is 0.762. The molecule has 0 radical (unpaired) electrons. The van der Waals surface area contributed by atoms with Gasteiger partial charge in [-0.2, -0.15) is 0 Å². The van der Waals surface area contributed by atoms with Crippen molar-refractivity contribution < 1.29 is 9.53 Å². The van der Waals surface area contributed by atoms with Gasteiger partial charge in [-0.25, -0.2) is 0 Å². The van der Waals surface area contributed by atoms with Crippen molar-refractivity contribution in [3.05, 3.63) is 24.3 Å². The summed E-state index contributed by atoms with van der Waals surface area (Å²) in [6.07, 6.45) is 4.11. The van der Waals surface area contributed by atoms with Crippen molar-refractivity contribution in [2.24, 2.45) is 0 Å². The molecule has 1 aromatic rings. The Morgan fingerprint density at radius 1 is 1.40 bits per heavy atom. The van der Waals surface area contributed by atoms with Crippen molar-refractivity contribution in [3.63, 3.8) is 0 Å². The molecule has 1 amide bonds. The first-order chi connectivity index (χ1) is 7.36. The number of carbonyl (C=O) groups is 1. The number of hydrogen-bond donors (Lipinski definition) is 1. The number of nitrogens with one attached hydrogen (secondary N) is 1. The lowest BCUT2D eigenvalue weighted by Gasteiger charge is -2.06. The van der Waals surface area contributed by atoms with Gasteiger partial charge in [-0.3, -0.25) is 4.79 Å². The molecule has 3 nitrogen and oxygen atoms in total. The van der Waals surface area contributed by atoms with Crippen LogP contribution < -0.4 is 10.1 Å². The maximum atomic E-state index is 10.2. The van der Waals surface area contributed by atoms with Crippen LogP contribution in [0.2, 0.25) is 0 Å². The third-order valence-corrected chi connectivity index (χ3v) is 2.08. The molecule has 0 heterocycles. The van der Waals surface area contributed by atoms with Crippen LogP contribution in [0, 0.1) is 0 Å². The van der Waals surface area contributed by atoms with E-state index in [1.807, 2.05) is 24.3 Å². The van der Waals surface area contributed by atoms with E-state index in [0.29, 0.717) is 6.41 Å². The minimum Gasteiger partial charge on any atom is -0.494 e. The summed E-state index contributed by atoms with van der Waals surface area (Å²) in [6, 6.07) is 7.40. The zero-order valence-electron chi connectivity index (χ0n) is 9.03. The summed E-state index contributed by atoms with van der Waals surface area (Å²) >= 11 is 0. The Bertz CT molecular complexity index is 299. The monoisotopic (exact) mass is 207 g/mol.